The summed E-state index contributed by atoms with van der Waals surface area (Å²) in [7, 11) is 1.86. The number of ether oxygens (including phenoxy) is 2. The van der Waals surface area contributed by atoms with Crippen LogP contribution in [0.15, 0.2) is 18.2 Å². The van der Waals surface area contributed by atoms with E-state index >= 15 is 0 Å². The number of fused-ring (bicyclic) bond motifs is 1. The molecule has 0 bridgehead atoms. The Hall–Kier alpha value is -1.75. The monoisotopic (exact) mass is 290 g/mol. The topological polar surface area (TPSA) is 50.8 Å². The zero-order valence-electron chi connectivity index (χ0n) is 12.4. The summed E-state index contributed by atoms with van der Waals surface area (Å²) in [6.07, 6.45) is 4.78. The first-order valence-corrected chi connectivity index (χ1v) is 7.62. The molecule has 0 aliphatic carbocycles. The normalized spacial score (nSPS) is 20.3. The smallest absolute Gasteiger partial charge is 0.253 e. The average molecular weight is 290 g/mol. The number of hydrogen-bond acceptors (Lipinski definition) is 4. The predicted molar refractivity (Wildman–Crippen MR) is 79.8 cm³/mol. The first-order valence-electron chi connectivity index (χ1n) is 7.62. The van der Waals surface area contributed by atoms with Gasteiger partial charge < -0.3 is 19.7 Å². The van der Waals surface area contributed by atoms with Crippen molar-refractivity contribution in [3.05, 3.63) is 23.8 Å². The molecule has 3 rings (SSSR count). The number of rotatable bonds is 4. The molecule has 1 aromatic rings. The third-order valence-electron chi connectivity index (χ3n) is 4.19. The van der Waals surface area contributed by atoms with E-state index < -0.39 is 0 Å². The van der Waals surface area contributed by atoms with Gasteiger partial charge in [-0.2, -0.15) is 0 Å². The Morgan fingerprint density at radius 1 is 1.33 bits per heavy atom. The molecular formula is C16H22N2O3. The van der Waals surface area contributed by atoms with Gasteiger partial charge in [-0.05, 0) is 44.0 Å². The highest BCUT2D eigenvalue weighted by Crippen LogP contribution is 2.32. The first kappa shape index (κ1) is 14.2. The number of benzene rings is 1. The highest BCUT2D eigenvalue weighted by molar-refractivity contribution is 5.94. The summed E-state index contributed by atoms with van der Waals surface area (Å²) in [6.45, 7) is 2.10. The molecule has 1 amide bonds. The van der Waals surface area contributed by atoms with E-state index in [1.54, 1.807) is 23.1 Å². The van der Waals surface area contributed by atoms with Gasteiger partial charge >= 0.3 is 0 Å². The number of amides is 1. The number of carbonyl (C=O) groups excluding carboxylic acids is 1. The SMILES string of the molecule is CN(CCC1CCCCN1)C(=O)c1ccc2c(c1)OCO2. The highest BCUT2D eigenvalue weighted by atomic mass is 16.7. The summed E-state index contributed by atoms with van der Waals surface area (Å²) in [4.78, 5) is 14.2. The van der Waals surface area contributed by atoms with Crippen LogP contribution in [0.3, 0.4) is 0 Å². The fourth-order valence-corrected chi connectivity index (χ4v) is 2.87. The molecule has 1 aromatic carbocycles. The Bertz CT molecular complexity index is 512. The number of nitrogens with one attached hydrogen (secondary N) is 1. The van der Waals surface area contributed by atoms with E-state index in [2.05, 4.69) is 5.32 Å². The van der Waals surface area contributed by atoms with Crippen molar-refractivity contribution in [3.8, 4) is 11.5 Å². The van der Waals surface area contributed by atoms with Gasteiger partial charge in [-0.3, -0.25) is 4.79 Å². The average Bonchev–Trinajstić information content (AvgIpc) is 3.00. The van der Waals surface area contributed by atoms with Crippen molar-refractivity contribution < 1.29 is 14.3 Å². The molecule has 1 atom stereocenters. The van der Waals surface area contributed by atoms with E-state index in [0.717, 1.165) is 19.5 Å². The third kappa shape index (κ3) is 3.29. The van der Waals surface area contributed by atoms with Crippen LogP contribution in [0.5, 0.6) is 11.5 Å². The molecule has 0 saturated carbocycles. The summed E-state index contributed by atoms with van der Waals surface area (Å²) in [6, 6.07) is 5.91. The summed E-state index contributed by atoms with van der Waals surface area (Å²) in [5, 5.41) is 3.51. The van der Waals surface area contributed by atoms with Gasteiger partial charge in [0.25, 0.3) is 5.91 Å². The zero-order valence-corrected chi connectivity index (χ0v) is 12.4. The van der Waals surface area contributed by atoms with Crippen LogP contribution in [-0.2, 0) is 0 Å². The number of carbonyl (C=O) groups is 1. The minimum Gasteiger partial charge on any atom is -0.454 e. The van der Waals surface area contributed by atoms with Crippen molar-refractivity contribution in [3.63, 3.8) is 0 Å². The molecule has 1 unspecified atom stereocenters. The lowest BCUT2D eigenvalue weighted by Crippen LogP contribution is -2.38. The summed E-state index contributed by atoms with van der Waals surface area (Å²) >= 11 is 0. The van der Waals surface area contributed by atoms with Gasteiger partial charge in [0.2, 0.25) is 6.79 Å². The Kier molecular flexibility index (Phi) is 4.29. The van der Waals surface area contributed by atoms with Crippen molar-refractivity contribution in [2.24, 2.45) is 0 Å². The van der Waals surface area contributed by atoms with Gasteiger partial charge in [-0.1, -0.05) is 6.42 Å². The Morgan fingerprint density at radius 2 is 2.19 bits per heavy atom. The quantitative estimate of drug-likeness (QED) is 0.921. The number of piperidine rings is 1. The standard InChI is InChI=1S/C16H22N2O3/c1-18(9-7-13-4-2-3-8-17-13)16(19)12-5-6-14-15(10-12)21-11-20-14/h5-6,10,13,17H,2-4,7-9,11H2,1H3. The molecule has 2 aliphatic heterocycles. The van der Waals surface area contributed by atoms with Crippen molar-refractivity contribution >= 4 is 5.91 Å². The van der Waals surface area contributed by atoms with E-state index in [9.17, 15) is 4.79 Å². The minimum atomic E-state index is 0.0316. The second-order valence-corrected chi connectivity index (χ2v) is 5.73. The Labute approximate surface area is 125 Å². The molecule has 21 heavy (non-hydrogen) atoms. The molecule has 5 nitrogen and oxygen atoms in total. The van der Waals surface area contributed by atoms with E-state index in [1.165, 1.54) is 19.3 Å². The fraction of sp³-hybridized carbons (Fsp3) is 0.562. The zero-order chi connectivity index (χ0) is 14.7. The largest absolute Gasteiger partial charge is 0.454 e. The maximum absolute atomic E-state index is 12.4. The van der Waals surface area contributed by atoms with Crippen molar-refractivity contribution in [1.29, 1.82) is 0 Å². The molecule has 5 heteroatoms. The first-order chi connectivity index (χ1) is 10.2. The van der Waals surface area contributed by atoms with Crippen LogP contribution in [0, 0.1) is 0 Å². The molecular weight excluding hydrogens is 268 g/mol. The molecule has 114 valence electrons. The predicted octanol–water partition coefficient (Wildman–Crippen LogP) is 2.02. The molecule has 2 heterocycles. The van der Waals surface area contributed by atoms with Crippen LogP contribution in [0.1, 0.15) is 36.0 Å². The van der Waals surface area contributed by atoms with Gasteiger partial charge in [-0.15, -0.1) is 0 Å². The highest BCUT2D eigenvalue weighted by Gasteiger charge is 2.19. The van der Waals surface area contributed by atoms with Gasteiger partial charge in [0.05, 0.1) is 0 Å². The molecule has 0 spiro atoms. The van der Waals surface area contributed by atoms with Gasteiger partial charge in [0.15, 0.2) is 11.5 Å². The van der Waals surface area contributed by atoms with E-state index in [-0.39, 0.29) is 12.7 Å². The second kappa shape index (κ2) is 6.35. The molecule has 0 radical (unpaired) electrons. The maximum atomic E-state index is 12.4. The molecule has 1 N–H and O–H groups in total. The Balaban J connectivity index is 1.56. The van der Waals surface area contributed by atoms with Crippen molar-refractivity contribution in [1.82, 2.24) is 10.2 Å². The van der Waals surface area contributed by atoms with Crippen LogP contribution in [-0.4, -0.2) is 43.8 Å². The van der Waals surface area contributed by atoms with Crippen LogP contribution in [0.25, 0.3) is 0 Å². The van der Waals surface area contributed by atoms with Crippen molar-refractivity contribution in [2.45, 2.75) is 31.7 Å². The summed E-state index contributed by atoms with van der Waals surface area (Å²) < 4.78 is 10.6. The summed E-state index contributed by atoms with van der Waals surface area (Å²) in [5.74, 6) is 1.40. The minimum absolute atomic E-state index is 0.0316. The van der Waals surface area contributed by atoms with Crippen LogP contribution in [0.2, 0.25) is 0 Å². The lowest BCUT2D eigenvalue weighted by molar-refractivity contribution is 0.0787. The molecule has 1 fully saturated rings. The lowest BCUT2D eigenvalue weighted by Gasteiger charge is -2.26. The number of nitrogens with zero attached hydrogens (tertiary/aromatic N) is 1. The van der Waals surface area contributed by atoms with E-state index in [1.807, 2.05) is 7.05 Å². The van der Waals surface area contributed by atoms with Crippen LogP contribution in [0.4, 0.5) is 0 Å². The number of hydrogen-bond donors (Lipinski definition) is 1. The fourth-order valence-electron chi connectivity index (χ4n) is 2.87. The van der Waals surface area contributed by atoms with Crippen LogP contribution < -0.4 is 14.8 Å². The van der Waals surface area contributed by atoms with Gasteiger partial charge in [0.1, 0.15) is 0 Å². The van der Waals surface area contributed by atoms with Crippen LogP contribution >= 0.6 is 0 Å². The third-order valence-corrected chi connectivity index (χ3v) is 4.19. The summed E-state index contributed by atoms with van der Waals surface area (Å²) in [5.41, 5.74) is 0.651. The molecule has 0 aromatic heterocycles. The molecule has 2 aliphatic rings. The Morgan fingerprint density at radius 3 is 3.00 bits per heavy atom. The van der Waals surface area contributed by atoms with Gasteiger partial charge in [0, 0.05) is 25.2 Å². The maximum Gasteiger partial charge on any atom is 0.253 e. The second-order valence-electron chi connectivity index (χ2n) is 5.73. The van der Waals surface area contributed by atoms with Crippen molar-refractivity contribution in [2.75, 3.05) is 26.9 Å². The lowest BCUT2D eigenvalue weighted by atomic mass is 10.0. The van der Waals surface area contributed by atoms with E-state index in [4.69, 9.17) is 9.47 Å². The molecule has 1 saturated heterocycles. The van der Waals surface area contributed by atoms with E-state index in [0.29, 0.717) is 23.1 Å². The van der Waals surface area contributed by atoms with Gasteiger partial charge in [-0.25, -0.2) is 0 Å².